The summed E-state index contributed by atoms with van der Waals surface area (Å²) in [5.41, 5.74) is 2.22. The Hall–Kier alpha value is -1.26. The number of rotatable bonds is 5. The second-order valence-electron chi connectivity index (χ2n) is 5.20. The molecule has 0 heterocycles. The molecule has 0 aliphatic heterocycles. The van der Waals surface area contributed by atoms with Crippen LogP contribution in [0.1, 0.15) is 23.1 Å². The van der Waals surface area contributed by atoms with Crippen LogP contribution in [0.25, 0.3) is 0 Å². The molecule has 2 aromatic rings. The Morgan fingerprint density at radius 1 is 1.10 bits per heavy atom. The first-order chi connectivity index (χ1) is 9.97. The predicted molar refractivity (Wildman–Crippen MR) is 83.3 cm³/mol. The van der Waals surface area contributed by atoms with Gasteiger partial charge in [0.15, 0.2) is 0 Å². The molecule has 1 nitrogen and oxygen atoms in total. The van der Waals surface area contributed by atoms with Crippen LogP contribution in [0.4, 0.5) is 8.78 Å². The Labute approximate surface area is 131 Å². The normalized spacial score (nSPS) is 12.4. The molecular formula is C17H17BrF2O. The number of aliphatic hydroxyl groups excluding tert-OH is 1. The zero-order chi connectivity index (χ0) is 15.4. The molecule has 2 aromatic carbocycles. The molecule has 0 amide bonds. The van der Waals surface area contributed by atoms with E-state index in [1.807, 2.05) is 31.2 Å². The molecule has 0 aliphatic carbocycles. The summed E-state index contributed by atoms with van der Waals surface area (Å²) in [7, 11) is 0. The van der Waals surface area contributed by atoms with Crippen LogP contribution in [0.3, 0.4) is 0 Å². The number of aryl methyl sites for hydroxylation is 2. The van der Waals surface area contributed by atoms with Gasteiger partial charge in [0.05, 0.1) is 10.6 Å². The van der Waals surface area contributed by atoms with Gasteiger partial charge in [0.2, 0.25) is 0 Å². The zero-order valence-corrected chi connectivity index (χ0v) is 13.3. The Kier molecular flexibility index (Phi) is 5.48. The largest absolute Gasteiger partial charge is 0.393 e. The van der Waals surface area contributed by atoms with Crippen LogP contribution < -0.4 is 0 Å². The molecule has 21 heavy (non-hydrogen) atoms. The fourth-order valence-electron chi connectivity index (χ4n) is 2.18. The fraction of sp³-hybridized carbons (Fsp3) is 0.294. The molecule has 0 radical (unpaired) electrons. The third-order valence-electron chi connectivity index (χ3n) is 3.47. The summed E-state index contributed by atoms with van der Waals surface area (Å²) in [6.07, 6.45) is 0.348. The Morgan fingerprint density at radius 2 is 1.76 bits per heavy atom. The standard InChI is InChI=1S/C17H17BrF2O/c1-11-2-4-12(5-3-11)6-7-13(21)10-14-16(19)9-8-15(18)17(14)20/h2-5,8-9,13,21H,6-7,10H2,1H3. The Morgan fingerprint density at radius 3 is 2.43 bits per heavy atom. The number of benzene rings is 2. The molecule has 1 unspecified atom stereocenters. The van der Waals surface area contributed by atoms with Crippen molar-refractivity contribution in [2.75, 3.05) is 0 Å². The third kappa shape index (κ3) is 4.35. The van der Waals surface area contributed by atoms with Crippen LogP contribution in [0.2, 0.25) is 0 Å². The topological polar surface area (TPSA) is 20.2 Å². The van der Waals surface area contributed by atoms with Crippen molar-refractivity contribution in [1.82, 2.24) is 0 Å². The summed E-state index contributed by atoms with van der Waals surface area (Å²) in [5.74, 6) is -1.26. The van der Waals surface area contributed by atoms with Gasteiger partial charge in [0.1, 0.15) is 11.6 Å². The number of hydrogen-bond acceptors (Lipinski definition) is 1. The van der Waals surface area contributed by atoms with Gasteiger partial charge in [-0.3, -0.25) is 0 Å². The summed E-state index contributed by atoms with van der Waals surface area (Å²) in [6, 6.07) is 10.6. The molecule has 4 heteroatoms. The van der Waals surface area contributed by atoms with E-state index in [1.54, 1.807) is 0 Å². The van der Waals surface area contributed by atoms with Crippen LogP contribution >= 0.6 is 15.9 Å². The lowest BCUT2D eigenvalue weighted by Gasteiger charge is -2.13. The van der Waals surface area contributed by atoms with E-state index >= 15 is 0 Å². The third-order valence-corrected chi connectivity index (χ3v) is 4.08. The van der Waals surface area contributed by atoms with E-state index in [1.165, 1.54) is 17.7 Å². The average Bonchev–Trinajstić information content (AvgIpc) is 2.47. The molecule has 0 spiro atoms. The molecule has 0 aromatic heterocycles. The number of hydrogen-bond donors (Lipinski definition) is 1. The van der Waals surface area contributed by atoms with E-state index in [-0.39, 0.29) is 16.5 Å². The zero-order valence-electron chi connectivity index (χ0n) is 11.7. The lowest BCUT2D eigenvalue weighted by atomic mass is 10.00. The van der Waals surface area contributed by atoms with Crippen molar-refractivity contribution < 1.29 is 13.9 Å². The van der Waals surface area contributed by atoms with Crippen LogP contribution in [0.15, 0.2) is 40.9 Å². The minimum absolute atomic E-state index is 0.0248. The van der Waals surface area contributed by atoms with Crippen molar-refractivity contribution in [2.24, 2.45) is 0 Å². The molecule has 2 rings (SSSR count). The van der Waals surface area contributed by atoms with Crippen molar-refractivity contribution in [2.45, 2.75) is 32.3 Å². The SMILES string of the molecule is Cc1ccc(CCC(O)Cc2c(F)ccc(Br)c2F)cc1. The molecule has 0 fully saturated rings. The molecule has 0 saturated heterocycles. The second-order valence-corrected chi connectivity index (χ2v) is 6.06. The lowest BCUT2D eigenvalue weighted by Crippen LogP contribution is -2.14. The van der Waals surface area contributed by atoms with Crippen LogP contribution in [0.5, 0.6) is 0 Å². The highest BCUT2D eigenvalue weighted by Gasteiger charge is 2.16. The molecule has 1 atom stereocenters. The van der Waals surface area contributed by atoms with E-state index in [4.69, 9.17) is 0 Å². The first-order valence-corrected chi connectivity index (χ1v) is 7.62. The smallest absolute Gasteiger partial charge is 0.143 e. The summed E-state index contributed by atoms with van der Waals surface area (Å²) < 4.78 is 27.7. The van der Waals surface area contributed by atoms with Crippen LogP contribution in [-0.4, -0.2) is 11.2 Å². The van der Waals surface area contributed by atoms with E-state index in [0.717, 1.165) is 5.56 Å². The first kappa shape index (κ1) is 16.1. The highest BCUT2D eigenvalue weighted by molar-refractivity contribution is 9.10. The van der Waals surface area contributed by atoms with Gasteiger partial charge in [0, 0.05) is 12.0 Å². The molecule has 0 aliphatic rings. The van der Waals surface area contributed by atoms with Gasteiger partial charge in [-0.2, -0.15) is 0 Å². The van der Waals surface area contributed by atoms with E-state index < -0.39 is 17.7 Å². The van der Waals surface area contributed by atoms with Gasteiger partial charge in [-0.05, 0) is 53.4 Å². The highest BCUT2D eigenvalue weighted by atomic mass is 79.9. The minimum Gasteiger partial charge on any atom is -0.393 e. The summed E-state index contributed by atoms with van der Waals surface area (Å²) >= 11 is 3.03. The Bertz CT molecular complexity index is 611. The van der Waals surface area contributed by atoms with Crippen molar-refractivity contribution in [3.05, 3.63) is 69.2 Å². The summed E-state index contributed by atoms with van der Waals surface area (Å²) in [6.45, 7) is 2.01. The maximum atomic E-state index is 13.8. The van der Waals surface area contributed by atoms with Crippen molar-refractivity contribution >= 4 is 15.9 Å². The maximum Gasteiger partial charge on any atom is 0.143 e. The fourth-order valence-corrected chi connectivity index (χ4v) is 2.55. The highest BCUT2D eigenvalue weighted by Crippen LogP contribution is 2.23. The van der Waals surface area contributed by atoms with Gasteiger partial charge in [-0.1, -0.05) is 29.8 Å². The van der Waals surface area contributed by atoms with Gasteiger partial charge in [-0.25, -0.2) is 8.78 Å². The average molecular weight is 355 g/mol. The molecule has 0 bridgehead atoms. The Balaban J connectivity index is 1.97. The van der Waals surface area contributed by atoms with E-state index in [2.05, 4.69) is 15.9 Å². The first-order valence-electron chi connectivity index (χ1n) is 6.83. The molecular weight excluding hydrogens is 338 g/mol. The lowest BCUT2D eigenvalue weighted by molar-refractivity contribution is 0.162. The second kappa shape index (κ2) is 7.14. The molecule has 0 saturated carbocycles. The van der Waals surface area contributed by atoms with Gasteiger partial charge in [0.25, 0.3) is 0 Å². The molecule has 1 N–H and O–H groups in total. The summed E-state index contributed by atoms with van der Waals surface area (Å²) in [4.78, 5) is 0. The maximum absolute atomic E-state index is 13.8. The predicted octanol–water partition coefficient (Wildman–Crippen LogP) is 4.57. The number of aliphatic hydroxyl groups is 1. The van der Waals surface area contributed by atoms with Gasteiger partial charge < -0.3 is 5.11 Å². The van der Waals surface area contributed by atoms with Gasteiger partial charge in [-0.15, -0.1) is 0 Å². The van der Waals surface area contributed by atoms with E-state index in [9.17, 15) is 13.9 Å². The van der Waals surface area contributed by atoms with Crippen molar-refractivity contribution in [3.8, 4) is 0 Å². The van der Waals surface area contributed by atoms with Gasteiger partial charge >= 0.3 is 0 Å². The minimum atomic E-state index is -0.774. The quantitative estimate of drug-likeness (QED) is 0.779. The van der Waals surface area contributed by atoms with E-state index in [0.29, 0.717) is 12.8 Å². The number of halogens is 3. The van der Waals surface area contributed by atoms with Crippen molar-refractivity contribution in [1.29, 1.82) is 0 Å². The van der Waals surface area contributed by atoms with Crippen molar-refractivity contribution in [3.63, 3.8) is 0 Å². The van der Waals surface area contributed by atoms with Crippen LogP contribution in [0, 0.1) is 18.6 Å². The van der Waals surface area contributed by atoms with Crippen LogP contribution in [-0.2, 0) is 12.8 Å². The monoisotopic (exact) mass is 354 g/mol. The molecule has 112 valence electrons. The summed E-state index contributed by atoms with van der Waals surface area (Å²) in [5, 5.41) is 10.0.